The number of carbonyl (C=O) groups is 2. The van der Waals surface area contributed by atoms with Crippen LogP contribution in [0, 0.1) is 6.92 Å². The maximum Gasteiger partial charge on any atom is 0.246 e. The quantitative estimate of drug-likeness (QED) is 0.255. The molecule has 212 valence electrons. The number of nitrogen functional groups attached to an aromatic ring is 1. The van der Waals surface area contributed by atoms with Gasteiger partial charge in [0.25, 0.3) is 0 Å². The standard InChI is InChI=1S/C30H30Cl2N6O3/c1-18-14-24(37(2)3)20-6-5-7-25(30(20)36-18)41-17-21-22(31)10-11-23(29(21)32)38(4)28(40)16-35-27(39)13-9-19-8-12-26(33)34-15-19/h5-15H,16-17H2,1-4H3,(H2,33,34)(H,35,39)/b13-9+. The van der Waals surface area contributed by atoms with Crippen LogP contribution in [0.15, 0.2) is 60.8 Å². The molecule has 2 amide bonds. The van der Waals surface area contributed by atoms with Gasteiger partial charge in [0.05, 0.1) is 17.3 Å². The molecule has 2 heterocycles. The Hall–Kier alpha value is -4.34. The van der Waals surface area contributed by atoms with Gasteiger partial charge in [-0.2, -0.15) is 0 Å². The number of nitrogens with two attached hydrogens (primary N) is 1. The highest BCUT2D eigenvalue weighted by Gasteiger charge is 2.19. The Morgan fingerprint density at radius 1 is 1.07 bits per heavy atom. The van der Waals surface area contributed by atoms with Crippen molar-refractivity contribution in [2.45, 2.75) is 13.5 Å². The lowest BCUT2D eigenvalue weighted by Crippen LogP contribution is -2.37. The third kappa shape index (κ3) is 7.06. The highest BCUT2D eigenvalue weighted by atomic mass is 35.5. The molecular formula is C30H30Cl2N6O3. The molecule has 2 aromatic carbocycles. The lowest BCUT2D eigenvalue weighted by molar-refractivity contribution is -0.122. The van der Waals surface area contributed by atoms with Crippen LogP contribution in [0.1, 0.15) is 16.8 Å². The van der Waals surface area contributed by atoms with Crippen molar-refractivity contribution in [2.75, 3.05) is 43.2 Å². The molecule has 0 radical (unpaired) electrons. The van der Waals surface area contributed by atoms with E-state index in [2.05, 4.69) is 10.3 Å². The largest absolute Gasteiger partial charge is 0.487 e. The average Bonchev–Trinajstić information content (AvgIpc) is 2.94. The first kappa shape index (κ1) is 29.6. The zero-order chi connectivity index (χ0) is 29.7. The van der Waals surface area contributed by atoms with Crippen molar-refractivity contribution in [3.8, 4) is 5.75 Å². The molecule has 41 heavy (non-hydrogen) atoms. The predicted octanol–water partition coefficient (Wildman–Crippen LogP) is 5.26. The van der Waals surface area contributed by atoms with Gasteiger partial charge >= 0.3 is 0 Å². The number of rotatable bonds is 9. The summed E-state index contributed by atoms with van der Waals surface area (Å²) in [5, 5.41) is 4.20. The van der Waals surface area contributed by atoms with Crippen LogP contribution in [-0.2, 0) is 16.2 Å². The number of aryl methyl sites for hydroxylation is 1. The van der Waals surface area contributed by atoms with E-state index in [1.165, 1.54) is 11.0 Å². The number of nitrogens with zero attached hydrogens (tertiary/aromatic N) is 4. The number of ether oxygens (including phenoxy) is 1. The maximum absolute atomic E-state index is 12.9. The van der Waals surface area contributed by atoms with Crippen LogP contribution in [0.25, 0.3) is 17.0 Å². The molecule has 2 aromatic heterocycles. The molecule has 0 fully saturated rings. The van der Waals surface area contributed by atoms with E-state index in [1.807, 2.05) is 50.2 Å². The molecule has 4 rings (SSSR count). The number of hydrogen-bond acceptors (Lipinski definition) is 7. The highest BCUT2D eigenvalue weighted by molar-refractivity contribution is 6.38. The molecule has 0 spiro atoms. The molecule has 9 nitrogen and oxygen atoms in total. The van der Waals surface area contributed by atoms with E-state index in [4.69, 9.17) is 38.7 Å². The second kappa shape index (κ2) is 12.9. The minimum Gasteiger partial charge on any atom is -0.487 e. The minimum atomic E-state index is -0.434. The van der Waals surface area contributed by atoms with Crippen molar-refractivity contribution in [3.05, 3.63) is 87.7 Å². The number of para-hydroxylation sites is 1. The third-order valence-corrected chi connectivity index (χ3v) is 7.09. The number of nitrogens with one attached hydrogen (secondary N) is 1. The summed E-state index contributed by atoms with van der Waals surface area (Å²) in [6, 6.07) is 14.4. The Balaban J connectivity index is 1.46. The van der Waals surface area contributed by atoms with E-state index < -0.39 is 5.91 Å². The van der Waals surface area contributed by atoms with Crippen molar-refractivity contribution in [1.82, 2.24) is 15.3 Å². The number of fused-ring (bicyclic) bond motifs is 1. The molecule has 0 saturated heterocycles. The number of halogens is 2. The van der Waals surface area contributed by atoms with Gasteiger partial charge in [-0.1, -0.05) is 35.3 Å². The summed E-state index contributed by atoms with van der Waals surface area (Å²) in [4.78, 5) is 37.2. The van der Waals surface area contributed by atoms with Crippen molar-refractivity contribution < 1.29 is 14.3 Å². The Bertz CT molecular complexity index is 1620. The van der Waals surface area contributed by atoms with Crippen LogP contribution < -0.4 is 25.6 Å². The maximum atomic E-state index is 12.9. The van der Waals surface area contributed by atoms with Crippen molar-refractivity contribution in [2.24, 2.45) is 0 Å². The van der Waals surface area contributed by atoms with E-state index in [-0.39, 0.29) is 24.1 Å². The summed E-state index contributed by atoms with van der Waals surface area (Å²) in [5.41, 5.74) is 9.83. The molecular weight excluding hydrogens is 563 g/mol. The fraction of sp³-hybridized carbons (Fsp3) is 0.200. The Kier molecular flexibility index (Phi) is 9.31. The first-order chi connectivity index (χ1) is 19.5. The average molecular weight is 594 g/mol. The van der Waals surface area contributed by atoms with Gasteiger partial charge in [-0.25, -0.2) is 9.97 Å². The Morgan fingerprint density at radius 2 is 1.85 bits per heavy atom. The summed E-state index contributed by atoms with van der Waals surface area (Å²) in [6.45, 7) is 1.75. The summed E-state index contributed by atoms with van der Waals surface area (Å²) < 4.78 is 6.17. The summed E-state index contributed by atoms with van der Waals surface area (Å²) in [5.74, 6) is 0.162. The van der Waals surface area contributed by atoms with E-state index in [0.29, 0.717) is 33.4 Å². The van der Waals surface area contributed by atoms with Gasteiger partial charge in [-0.15, -0.1) is 0 Å². The number of amides is 2. The van der Waals surface area contributed by atoms with Crippen LogP contribution in [0.4, 0.5) is 17.2 Å². The molecule has 3 N–H and O–H groups in total. The highest BCUT2D eigenvalue weighted by Crippen LogP contribution is 2.36. The predicted molar refractivity (Wildman–Crippen MR) is 166 cm³/mol. The van der Waals surface area contributed by atoms with Gasteiger partial charge in [0.2, 0.25) is 11.8 Å². The number of anilines is 3. The normalized spacial score (nSPS) is 11.1. The first-order valence-electron chi connectivity index (χ1n) is 12.7. The van der Waals surface area contributed by atoms with Crippen LogP contribution in [0.3, 0.4) is 0 Å². The molecule has 0 aliphatic carbocycles. The number of pyridine rings is 2. The molecule has 0 bridgehead atoms. The van der Waals surface area contributed by atoms with Crippen molar-refractivity contribution >= 4 is 69.2 Å². The fourth-order valence-corrected chi connectivity index (χ4v) is 4.71. The van der Waals surface area contributed by atoms with Crippen LogP contribution in [-0.4, -0.2) is 49.5 Å². The van der Waals surface area contributed by atoms with Crippen LogP contribution >= 0.6 is 23.2 Å². The number of aromatic nitrogens is 2. The van der Waals surface area contributed by atoms with Crippen molar-refractivity contribution in [1.29, 1.82) is 0 Å². The van der Waals surface area contributed by atoms with Gasteiger partial charge in [0.1, 0.15) is 23.7 Å². The van der Waals surface area contributed by atoms with E-state index in [9.17, 15) is 9.59 Å². The number of benzene rings is 2. The number of carbonyl (C=O) groups excluding carboxylic acids is 2. The van der Waals surface area contributed by atoms with Crippen LogP contribution in [0.2, 0.25) is 10.0 Å². The molecule has 0 aliphatic heterocycles. The Morgan fingerprint density at radius 3 is 2.56 bits per heavy atom. The zero-order valence-corrected chi connectivity index (χ0v) is 24.6. The third-order valence-electron chi connectivity index (χ3n) is 6.31. The van der Waals surface area contributed by atoms with E-state index >= 15 is 0 Å². The summed E-state index contributed by atoms with van der Waals surface area (Å²) in [7, 11) is 5.53. The summed E-state index contributed by atoms with van der Waals surface area (Å²) in [6.07, 6.45) is 4.43. The van der Waals surface area contributed by atoms with E-state index in [0.717, 1.165) is 22.3 Å². The van der Waals surface area contributed by atoms with Gasteiger partial charge in [0.15, 0.2) is 0 Å². The van der Waals surface area contributed by atoms with Gasteiger partial charge in [0, 0.05) is 60.8 Å². The molecule has 4 aromatic rings. The lowest BCUT2D eigenvalue weighted by Gasteiger charge is -2.21. The first-order valence-corrected chi connectivity index (χ1v) is 13.4. The second-order valence-electron chi connectivity index (χ2n) is 9.50. The molecule has 0 atom stereocenters. The lowest BCUT2D eigenvalue weighted by atomic mass is 10.1. The van der Waals surface area contributed by atoms with Crippen molar-refractivity contribution in [3.63, 3.8) is 0 Å². The van der Waals surface area contributed by atoms with Gasteiger partial charge < -0.3 is 25.6 Å². The molecule has 0 unspecified atom stereocenters. The van der Waals surface area contributed by atoms with Crippen LogP contribution in [0.5, 0.6) is 5.75 Å². The zero-order valence-electron chi connectivity index (χ0n) is 23.1. The van der Waals surface area contributed by atoms with Gasteiger partial charge in [-0.05, 0) is 55.0 Å². The topological polar surface area (TPSA) is 114 Å². The number of hydrogen-bond donors (Lipinski definition) is 2. The van der Waals surface area contributed by atoms with E-state index in [1.54, 1.807) is 43.6 Å². The summed E-state index contributed by atoms with van der Waals surface area (Å²) >= 11 is 13.2. The molecule has 0 saturated carbocycles. The smallest absolute Gasteiger partial charge is 0.246 e. The van der Waals surface area contributed by atoms with Gasteiger partial charge in [-0.3, -0.25) is 9.59 Å². The molecule has 11 heteroatoms. The minimum absolute atomic E-state index is 0.0566. The Labute approximate surface area is 248 Å². The molecule has 0 aliphatic rings. The fourth-order valence-electron chi connectivity index (χ4n) is 4.10. The SMILES string of the molecule is Cc1cc(N(C)C)c2cccc(OCc3c(Cl)ccc(N(C)C(=O)CNC(=O)/C=C/c4ccc(N)nc4)c3Cl)c2n1. The second-order valence-corrected chi connectivity index (χ2v) is 10.3. The number of likely N-dealkylation sites (N-methyl/N-ethyl adjacent to an activating group) is 1. The monoisotopic (exact) mass is 592 g/mol.